The van der Waals surface area contributed by atoms with Gasteiger partial charge >= 0.3 is 0 Å². The number of rotatable bonds is 8. The van der Waals surface area contributed by atoms with Gasteiger partial charge in [0.2, 0.25) is 0 Å². The van der Waals surface area contributed by atoms with Crippen LogP contribution in [0.4, 0.5) is 0 Å². The summed E-state index contributed by atoms with van der Waals surface area (Å²) in [7, 11) is 1.52. The number of amides is 1. The highest BCUT2D eigenvalue weighted by atomic mass is 16.5. The first-order valence-corrected chi connectivity index (χ1v) is 13.1. The maximum atomic E-state index is 13.5. The molecule has 200 valence electrons. The second-order valence-corrected chi connectivity index (χ2v) is 11.0. The molecule has 1 aromatic carbocycles. The van der Waals surface area contributed by atoms with E-state index in [2.05, 4.69) is 32.8 Å². The van der Waals surface area contributed by atoms with E-state index in [0.29, 0.717) is 35.0 Å². The number of hydrogen-bond donors (Lipinski definition) is 3. The van der Waals surface area contributed by atoms with E-state index in [0.717, 1.165) is 42.5 Å². The lowest BCUT2D eigenvalue weighted by atomic mass is 9.89. The molecule has 0 aliphatic carbocycles. The second-order valence-electron chi connectivity index (χ2n) is 11.0. The molecule has 8 nitrogen and oxygen atoms in total. The average Bonchev–Trinajstić information content (AvgIpc) is 3.13. The van der Waals surface area contributed by atoms with Crippen LogP contribution in [0.25, 0.3) is 10.9 Å². The number of methoxy groups -OCH3 is 1. The third kappa shape index (κ3) is 5.75. The Morgan fingerprint density at radius 2 is 1.92 bits per heavy atom. The van der Waals surface area contributed by atoms with Gasteiger partial charge in [-0.25, -0.2) is 0 Å². The van der Waals surface area contributed by atoms with Crippen LogP contribution in [-0.2, 0) is 6.54 Å². The number of piperidine rings is 1. The van der Waals surface area contributed by atoms with Gasteiger partial charge in [-0.1, -0.05) is 18.2 Å². The molecule has 3 aromatic rings. The van der Waals surface area contributed by atoms with Crippen LogP contribution < -0.4 is 15.6 Å². The molecule has 1 fully saturated rings. The van der Waals surface area contributed by atoms with Crippen molar-refractivity contribution in [2.45, 2.75) is 65.6 Å². The van der Waals surface area contributed by atoms with Crippen LogP contribution in [0.3, 0.4) is 0 Å². The van der Waals surface area contributed by atoms with Gasteiger partial charge in [-0.05, 0) is 78.6 Å². The third-order valence-corrected chi connectivity index (χ3v) is 7.59. The summed E-state index contributed by atoms with van der Waals surface area (Å²) >= 11 is 0. The maximum absolute atomic E-state index is 13.5. The smallest absolute Gasteiger partial charge is 0.256 e. The van der Waals surface area contributed by atoms with Gasteiger partial charge in [-0.15, -0.1) is 0 Å². The first-order valence-electron chi connectivity index (χ1n) is 13.1. The van der Waals surface area contributed by atoms with Crippen molar-refractivity contribution in [2.24, 2.45) is 5.92 Å². The molecule has 4 rings (SSSR count). The molecule has 0 bridgehead atoms. The summed E-state index contributed by atoms with van der Waals surface area (Å²) in [5.41, 5.74) is 2.76. The number of fused-ring (bicyclic) bond motifs is 1. The Hall–Kier alpha value is -3.10. The number of aryl methyl sites for hydroxylation is 1. The topological polar surface area (TPSA) is 99.6 Å². The molecule has 37 heavy (non-hydrogen) atoms. The summed E-state index contributed by atoms with van der Waals surface area (Å²) in [6.45, 7) is 12.4. The fraction of sp³-hybridized carbons (Fsp3) is 0.517. The van der Waals surface area contributed by atoms with Crippen LogP contribution >= 0.6 is 0 Å². The van der Waals surface area contributed by atoms with Crippen molar-refractivity contribution in [1.82, 2.24) is 19.8 Å². The number of carbonyl (C=O) groups is 1. The van der Waals surface area contributed by atoms with E-state index < -0.39 is 5.60 Å². The summed E-state index contributed by atoms with van der Waals surface area (Å²) in [5.74, 6) is 0.728. The molecule has 0 unspecified atom stereocenters. The van der Waals surface area contributed by atoms with E-state index in [9.17, 15) is 14.7 Å². The van der Waals surface area contributed by atoms with E-state index in [1.165, 1.54) is 7.11 Å². The lowest BCUT2D eigenvalue weighted by molar-refractivity contribution is 0.0214. The number of para-hydroxylation sites is 1. The van der Waals surface area contributed by atoms with Crippen LogP contribution in [0.5, 0.6) is 5.75 Å². The van der Waals surface area contributed by atoms with Crippen molar-refractivity contribution in [3.63, 3.8) is 0 Å². The molecule has 3 heterocycles. The molecular formula is C29H40N4O4. The zero-order chi connectivity index (χ0) is 26.9. The number of aromatic amines is 1. The number of hydrogen-bond acceptors (Lipinski definition) is 5. The largest absolute Gasteiger partial charge is 0.496 e. The van der Waals surface area contributed by atoms with Crippen molar-refractivity contribution < 1.29 is 14.6 Å². The predicted octanol–water partition coefficient (Wildman–Crippen LogP) is 3.93. The van der Waals surface area contributed by atoms with Crippen molar-refractivity contribution in [2.75, 3.05) is 26.7 Å². The summed E-state index contributed by atoms with van der Waals surface area (Å²) < 4.78 is 7.69. The molecule has 0 radical (unpaired) electrons. The number of H-pyrrole nitrogens is 1. The molecule has 2 aromatic heterocycles. The Morgan fingerprint density at radius 3 is 2.57 bits per heavy atom. The first-order chi connectivity index (χ1) is 17.5. The lowest BCUT2D eigenvalue weighted by Crippen LogP contribution is -2.43. The molecule has 1 aliphatic heterocycles. The maximum Gasteiger partial charge on any atom is 0.256 e. The van der Waals surface area contributed by atoms with Crippen molar-refractivity contribution in [1.29, 1.82) is 0 Å². The standard InChI is InChI=1S/C29H40N4O4/c1-18-15-25(37-6)23(27(34)31-18)16-30-28(35)26-20(3)33(24-10-8-7-9-22(24)26)19(2)21-11-13-32(14-12-21)17-29(4,5)36/h7-10,15,19,21,36H,11-14,16-17H2,1-6H3,(H,30,35)(H,31,34)/t19-/m0/s1. The number of carbonyl (C=O) groups excluding carboxylic acids is 1. The van der Waals surface area contributed by atoms with Crippen LogP contribution in [-0.4, -0.2) is 57.8 Å². The van der Waals surface area contributed by atoms with Crippen molar-refractivity contribution in [3.05, 3.63) is 63.2 Å². The van der Waals surface area contributed by atoms with Gasteiger partial charge in [0, 0.05) is 34.9 Å². The highest BCUT2D eigenvalue weighted by molar-refractivity contribution is 6.08. The lowest BCUT2D eigenvalue weighted by Gasteiger charge is -2.38. The monoisotopic (exact) mass is 508 g/mol. The molecule has 1 aliphatic rings. The Balaban J connectivity index is 1.58. The molecule has 0 spiro atoms. The highest BCUT2D eigenvalue weighted by Crippen LogP contribution is 2.36. The van der Waals surface area contributed by atoms with Crippen molar-refractivity contribution in [3.8, 4) is 5.75 Å². The van der Waals surface area contributed by atoms with E-state index >= 15 is 0 Å². The number of likely N-dealkylation sites (tertiary alicyclic amines) is 1. The SMILES string of the molecule is COc1cc(C)[nH]c(=O)c1CNC(=O)c1c(C)n([C@@H](C)C2CCN(CC(C)(C)O)CC2)c2ccccc12. The van der Waals surface area contributed by atoms with Crippen LogP contribution in [0.15, 0.2) is 35.1 Å². The summed E-state index contributed by atoms with van der Waals surface area (Å²) in [4.78, 5) is 31.1. The van der Waals surface area contributed by atoms with Crippen LogP contribution in [0, 0.1) is 19.8 Å². The summed E-state index contributed by atoms with van der Waals surface area (Å²) in [5, 5.41) is 14.1. The summed E-state index contributed by atoms with van der Waals surface area (Å²) in [6.07, 6.45) is 2.08. The van der Waals surface area contributed by atoms with E-state index in [1.807, 2.05) is 39.0 Å². The van der Waals surface area contributed by atoms with Gasteiger partial charge in [-0.3, -0.25) is 9.59 Å². The normalized spacial score (nSPS) is 16.2. The van der Waals surface area contributed by atoms with Gasteiger partial charge in [-0.2, -0.15) is 0 Å². The Bertz CT molecular complexity index is 1330. The van der Waals surface area contributed by atoms with Crippen LogP contribution in [0.2, 0.25) is 0 Å². The number of β-amino-alcohol motifs (C(OH)–C–C–N with tert-alkyl or cyclic N) is 1. The van der Waals surface area contributed by atoms with Crippen LogP contribution in [0.1, 0.15) is 67.0 Å². The Kier molecular flexibility index (Phi) is 7.80. The Morgan fingerprint density at radius 1 is 1.24 bits per heavy atom. The first kappa shape index (κ1) is 26.9. The zero-order valence-electron chi connectivity index (χ0n) is 22.9. The van der Waals surface area contributed by atoms with E-state index in [-0.39, 0.29) is 24.1 Å². The van der Waals surface area contributed by atoms with Gasteiger partial charge in [0.05, 0.1) is 30.4 Å². The minimum absolute atomic E-state index is 0.0752. The number of ether oxygens (including phenoxy) is 1. The van der Waals surface area contributed by atoms with Gasteiger partial charge in [0.1, 0.15) is 5.75 Å². The van der Waals surface area contributed by atoms with Crippen molar-refractivity contribution >= 4 is 16.8 Å². The number of nitrogens with zero attached hydrogens (tertiary/aromatic N) is 2. The van der Waals surface area contributed by atoms with Gasteiger partial charge in [0.25, 0.3) is 11.5 Å². The van der Waals surface area contributed by atoms with Gasteiger partial charge < -0.3 is 29.6 Å². The average molecular weight is 509 g/mol. The number of aromatic nitrogens is 2. The fourth-order valence-electron chi connectivity index (χ4n) is 5.85. The quantitative estimate of drug-likeness (QED) is 0.428. The fourth-order valence-corrected chi connectivity index (χ4v) is 5.85. The minimum atomic E-state index is -0.693. The second kappa shape index (κ2) is 10.7. The molecule has 1 saturated heterocycles. The molecule has 0 saturated carbocycles. The number of nitrogens with one attached hydrogen (secondary N) is 2. The number of pyridine rings is 1. The highest BCUT2D eigenvalue weighted by Gasteiger charge is 2.30. The molecule has 1 atom stereocenters. The summed E-state index contributed by atoms with van der Waals surface area (Å²) in [6, 6.07) is 10.0. The molecular weight excluding hydrogens is 468 g/mol. The molecule has 1 amide bonds. The third-order valence-electron chi connectivity index (χ3n) is 7.59. The number of aliphatic hydroxyl groups is 1. The minimum Gasteiger partial charge on any atom is -0.496 e. The molecule has 3 N–H and O–H groups in total. The van der Waals surface area contributed by atoms with E-state index in [4.69, 9.17) is 4.74 Å². The van der Waals surface area contributed by atoms with E-state index in [1.54, 1.807) is 13.0 Å². The predicted molar refractivity (Wildman–Crippen MR) is 146 cm³/mol. The zero-order valence-corrected chi connectivity index (χ0v) is 22.9. The Labute approximate surface area is 218 Å². The number of benzene rings is 1. The van der Waals surface area contributed by atoms with Gasteiger partial charge in [0.15, 0.2) is 0 Å². The molecule has 8 heteroatoms.